The number of hydrogen-bond donors (Lipinski definition) is 2. The summed E-state index contributed by atoms with van der Waals surface area (Å²) in [6.07, 6.45) is 1.26. The minimum atomic E-state index is -0.862. The zero-order chi connectivity index (χ0) is 16.5. The largest absolute Gasteiger partial charge is 0.355 e. The van der Waals surface area contributed by atoms with Crippen molar-refractivity contribution in [2.24, 2.45) is 11.3 Å². The van der Waals surface area contributed by atoms with E-state index in [1.807, 2.05) is 46.8 Å². The van der Waals surface area contributed by atoms with Gasteiger partial charge in [0.05, 0.1) is 0 Å². The average Bonchev–Trinajstić information content (AvgIpc) is 3.21. The summed E-state index contributed by atoms with van der Waals surface area (Å²) in [4.78, 5) is 24.9. The maximum Gasteiger partial charge on any atom is 0.240 e. The Bertz CT molecular complexity index is 578. The van der Waals surface area contributed by atoms with Crippen LogP contribution in [0.2, 0.25) is 0 Å². The van der Waals surface area contributed by atoms with E-state index in [0.29, 0.717) is 25.3 Å². The van der Waals surface area contributed by atoms with E-state index >= 15 is 0 Å². The van der Waals surface area contributed by atoms with Crippen LogP contribution in [-0.2, 0) is 9.59 Å². The first kappa shape index (κ1) is 16.5. The second-order valence-corrected chi connectivity index (χ2v) is 6.91. The lowest BCUT2D eigenvalue weighted by atomic mass is 10.0. The van der Waals surface area contributed by atoms with E-state index in [1.165, 1.54) is 5.56 Å². The molecule has 1 aliphatic carbocycles. The van der Waals surface area contributed by atoms with Crippen LogP contribution in [0.5, 0.6) is 0 Å². The lowest BCUT2D eigenvalue weighted by Crippen LogP contribution is -2.41. The Morgan fingerprint density at radius 1 is 1.09 bits per heavy atom. The van der Waals surface area contributed by atoms with Gasteiger partial charge in [-0.3, -0.25) is 9.59 Å². The van der Waals surface area contributed by atoms with Crippen LogP contribution >= 0.6 is 0 Å². The van der Waals surface area contributed by atoms with Crippen molar-refractivity contribution in [2.45, 2.75) is 47.5 Å². The van der Waals surface area contributed by atoms with Crippen molar-refractivity contribution < 1.29 is 9.59 Å². The molecule has 0 heterocycles. The molecule has 0 saturated heterocycles. The third-order valence-corrected chi connectivity index (χ3v) is 4.21. The number of anilines is 1. The number of aryl methyl sites for hydroxylation is 3. The second kappa shape index (κ2) is 6.11. The lowest BCUT2D eigenvalue weighted by Gasteiger charge is -2.18. The molecule has 0 aromatic heterocycles. The molecule has 4 heteroatoms. The highest BCUT2D eigenvalue weighted by Gasteiger charge is 2.56. The molecular weight excluding hydrogens is 276 g/mol. The summed E-state index contributed by atoms with van der Waals surface area (Å²) >= 11 is 0. The third kappa shape index (κ3) is 3.32. The molecule has 2 amide bonds. The molecule has 120 valence electrons. The van der Waals surface area contributed by atoms with Crippen LogP contribution in [0.25, 0.3) is 0 Å². The topological polar surface area (TPSA) is 58.2 Å². The smallest absolute Gasteiger partial charge is 0.240 e. The predicted molar refractivity (Wildman–Crippen MR) is 88.8 cm³/mol. The fraction of sp³-hybridized carbons (Fsp3) is 0.556. The van der Waals surface area contributed by atoms with E-state index < -0.39 is 5.41 Å². The van der Waals surface area contributed by atoms with E-state index in [2.05, 4.69) is 10.6 Å². The van der Waals surface area contributed by atoms with Crippen LogP contribution in [0.1, 0.15) is 43.4 Å². The first-order valence-corrected chi connectivity index (χ1v) is 7.94. The summed E-state index contributed by atoms with van der Waals surface area (Å²) < 4.78 is 0. The molecule has 0 spiro atoms. The number of amides is 2. The summed E-state index contributed by atoms with van der Waals surface area (Å²) in [5, 5.41) is 5.87. The number of rotatable bonds is 5. The van der Waals surface area contributed by atoms with Gasteiger partial charge in [-0.05, 0) is 50.7 Å². The highest BCUT2D eigenvalue weighted by atomic mass is 16.2. The summed E-state index contributed by atoms with van der Waals surface area (Å²) in [6.45, 7) is 10.7. The summed E-state index contributed by atoms with van der Waals surface area (Å²) in [6, 6.07) is 4.09. The molecule has 22 heavy (non-hydrogen) atoms. The van der Waals surface area contributed by atoms with Crippen LogP contribution in [-0.4, -0.2) is 18.4 Å². The zero-order valence-corrected chi connectivity index (χ0v) is 14.2. The van der Waals surface area contributed by atoms with Crippen molar-refractivity contribution in [2.75, 3.05) is 11.9 Å². The minimum Gasteiger partial charge on any atom is -0.355 e. The van der Waals surface area contributed by atoms with E-state index in [0.717, 1.165) is 16.8 Å². The Balaban J connectivity index is 2.11. The fourth-order valence-electron chi connectivity index (χ4n) is 2.76. The SMILES string of the molecule is Cc1cc(C)c(NC(=O)C2(C(=O)NCC(C)C)CC2)c(C)c1. The molecule has 1 aliphatic rings. The van der Waals surface area contributed by atoms with Gasteiger partial charge in [0.1, 0.15) is 5.41 Å². The van der Waals surface area contributed by atoms with E-state index in [4.69, 9.17) is 0 Å². The number of benzene rings is 1. The van der Waals surface area contributed by atoms with Gasteiger partial charge in [-0.25, -0.2) is 0 Å². The van der Waals surface area contributed by atoms with Crippen molar-refractivity contribution in [1.82, 2.24) is 5.32 Å². The standard InChI is InChI=1S/C18H26N2O2/c1-11(2)10-19-16(21)18(6-7-18)17(22)20-15-13(4)8-12(3)9-14(15)5/h8-9,11H,6-7,10H2,1-5H3,(H,19,21)(H,20,22). The quantitative estimate of drug-likeness (QED) is 0.821. The minimum absolute atomic E-state index is 0.138. The van der Waals surface area contributed by atoms with Gasteiger partial charge in [-0.1, -0.05) is 31.5 Å². The van der Waals surface area contributed by atoms with Gasteiger partial charge >= 0.3 is 0 Å². The van der Waals surface area contributed by atoms with Gasteiger partial charge in [0.25, 0.3) is 0 Å². The highest BCUT2D eigenvalue weighted by Crippen LogP contribution is 2.47. The maximum atomic E-state index is 12.6. The molecule has 2 rings (SSSR count). The molecule has 0 aliphatic heterocycles. The molecule has 4 nitrogen and oxygen atoms in total. The molecular formula is C18H26N2O2. The van der Waals surface area contributed by atoms with E-state index in [1.54, 1.807) is 0 Å². The second-order valence-electron chi connectivity index (χ2n) is 6.91. The van der Waals surface area contributed by atoms with Gasteiger partial charge in [0, 0.05) is 12.2 Å². The number of carbonyl (C=O) groups excluding carboxylic acids is 2. The summed E-state index contributed by atoms with van der Waals surface area (Å²) in [7, 11) is 0. The van der Waals surface area contributed by atoms with Crippen LogP contribution in [0.3, 0.4) is 0 Å². The van der Waals surface area contributed by atoms with Gasteiger partial charge in [-0.2, -0.15) is 0 Å². The number of hydrogen-bond acceptors (Lipinski definition) is 2. The van der Waals surface area contributed by atoms with Crippen molar-refractivity contribution >= 4 is 17.5 Å². The van der Waals surface area contributed by atoms with Gasteiger partial charge < -0.3 is 10.6 Å². The molecule has 2 N–H and O–H groups in total. The van der Waals surface area contributed by atoms with Crippen molar-refractivity contribution in [3.05, 3.63) is 28.8 Å². The van der Waals surface area contributed by atoms with Crippen LogP contribution < -0.4 is 10.6 Å². The number of carbonyl (C=O) groups is 2. The molecule has 0 bridgehead atoms. The average molecular weight is 302 g/mol. The Morgan fingerprint density at radius 3 is 2.09 bits per heavy atom. The lowest BCUT2D eigenvalue weighted by molar-refractivity contribution is -0.134. The summed E-state index contributed by atoms with van der Waals surface area (Å²) in [5.41, 5.74) is 3.20. The van der Waals surface area contributed by atoms with Crippen molar-refractivity contribution in [1.29, 1.82) is 0 Å². The molecule has 0 radical (unpaired) electrons. The Labute approximate surface area is 132 Å². The fourth-order valence-corrected chi connectivity index (χ4v) is 2.76. The van der Waals surface area contributed by atoms with E-state index in [9.17, 15) is 9.59 Å². The maximum absolute atomic E-state index is 12.6. The molecule has 1 aromatic rings. The monoisotopic (exact) mass is 302 g/mol. The van der Waals surface area contributed by atoms with Crippen LogP contribution in [0.4, 0.5) is 5.69 Å². The van der Waals surface area contributed by atoms with Crippen molar-refractivity contribution in [3.63, 3.8) is 0 Å². The third-order valence-electron chi connectivity index (χ3n) is 4.21. The molecule has 0 unspecified atom stereocenters. The van der Waals surface area contributed by atoms with Gasteiger partial charge in [0.15, 0.2) is 0 Å². The molecule has 1 fully saturated rings. The zero-order valence-electron chi connectivity index (χ0n) is 14.2. The highest BCUT2D eigenvalue weighted by molar-refractivity contribution is 6.13. The first-order valence-electron chi connectivity index (χ1n) is 7.94. The van der Waals surface area contributed by atoms with Gasteiger partial charge in [-0.15, -0.1) is 0 Å². The molecule has 1 saturated carbocycles. The van der Waals surface area contributed by atoms with E-state index in [-0.39, 0.29) is 11.8 Å². The molecule has 0 atom stereocenters. The van der Waals surface area contributed by atoms with Gasteiger partial charge in [0.2, 0.25) is 11.8 Å². The van der Waals surface area contributed by atoms with Crippen molar-refractivity contribution in [3.8, 4) is 0 Å². The van der Waals surface area contributed by atoms with Crippen LogP contribution in [0.15, 0.2) is 12.1 Å². The Morgan fingerprint density at radius 2 is 1.64 bits per heavy atom. The van der Waals surface area contributed by atoms with Crippen LogP contribution in [0, 0.1) is 32.1 Å². The summed E-state index contributed by atoms with van der Waals surface area (Å²) in [5.74, 6) is 0.0642. The predicted octanol–water partition coefficient (Wildman–Crippen LogP) is 3.10. The number of nitrogens with one attached hydrogen (secondary N) is 2. The Hall–Kier alpha value is -1.84. The first-order chi connectivity index (χ1) is 10.3. The molecule has 1 aromatic carbocycles. The Kier molecular flexibility index (Phi) is 4.59. The normalized spacial score (nSPS) is 15.5.